The van der Waals surface area contributed by atoms with Crippen LogP contribution in [0.15, 0.2) is 48.7 Å². The molecule has 0 spiro atoms. The highest BCUT2D eigenvalue weighted by molar-refractivity contribution is 5.70. The number of pyridine rings is 1. The second-order valence-corrected chi connectivity index (χ2v) is 5.61. The Morgan fingerprint density at radius 1 is 1.15 bits per heavy atom. The van der Waals surface area contributed by atoms with Crippen LogP contribution in [-0.4, -0.2) is 35.7 Å². The number of imidazole rings is 1. The summed E-state index contributed by atoms with van der Waals surface area (Å²) in [6.07, 6.45) is 1.90. The zero-order valence-electron chi connectivity index (χ0n) is 15.3. The molecule has 0 aliphatic rings. The maximum Gasteiger partial charge on any atom is 0.332 e. The van der Waals surface area contributed by atoms with Gasteiger partial charge in [-0.3, -0.25) is 4.40 Å². The number of esters is 1. The number of nitrogens with zero attached hydrogens (tertiary/aromatic N) is 2. The van der Waals surface area contributed by atoms with Crippen LogP contribution in [0.4, 0.5) is 0 Å². The van der Waals surface area contributed by atoms with Gasteiger partial charge in [-0.05, 0) is 49.2 Å². The SMILES string of the molecule is CCOC(=O)COCc1nc2ccccn2c1C#Cc1ccc(OC)cc1. The predicted octanol–water partition coefficient (Wildman–Crippen LogP) is 2.82. The third-order valence-corrected chi connectivity index (χ3v) is 3.78. The van der Waals surface area contributed by atoms with Crippen molar-refractivity contribution in [3.05, 3.63) is 65.6 Å². The van der Waals surface area contributed by atoms with Crippen LogP contribution in [0.1, 0.15) is 23.9 Å². The molecule has 2 aromatic heterocycles. The summed E-state index contributed by atoms with van der Waals surface area (Å²) in [5, 5.41) is 0. The number of ether oxygens (including phenoxy) is 3. The van der Waals surface area contributed by atoms with E-state index in [1.165, 1.54) is 0 Å². The summed E-state index contributed by atoms with van der Waals surface area (Å²) >= 11 is 0. The molecule has 6 nitrogen and oxygen atoms in total. The van der Waals surface area contributed by atoms with Crippen molar-refractivity contribution in [2.45, 2.75) is 13.5 Å². The largest absolute Gasteiger partial charge is 0.497 e. The first-order valence-electron chi connectivity index (χ1n) is 8.56. The van der Waals surface area contributed by atoms with Gasteiger partial charge in [0.2, 0.25) is 0 Å². The number of methoxy groups -OCH3 is 1. The van der Waals surface area contributed by atoms with Crippen LogP contribution in [0, 0.1) is 11.8 Å². The van der Waals surface area contributed by atoms with E-state index in [0.717, 1.165) is 22.7 Å². The van der Waals surface area contributed by atoms with Crippen molar-refractivity contribution in [2.75, 3.05) is 20.3 Å². The molecule has 3 rings (SSSR count). The highest BCUT2D eigenvalue weighted by Gasteiger charge is 2.11. The summed E-state index contributed by atoms with van der Waals surface area (Å²) in [4.78, 5) is 16.0. The Hall–Kier alpha value is -3.30. The molecule has 138 valence electrons. The van der Waals surface area contributed by atoms with Gasteiger partial charge in [0.15, 0.2) is 0 Å². The number of aromatic nitrogens is 2. The van der Waals surface area contributed by atoms with Crippen molar-refractivity contribution >= 4 is 11.6 Å². The quantitative estimate of drug-likeness (QED) is 0.497. The van der Waals surface area contributed by atoms with Gasteiger partial charge < -0.3 is 14.2 Å². The fourth-order valence-electron chi connectivity index (χ4n) is 2.52. The van der Waals surface area contributed by atoms with Gasteiger partial charge >= 0.3 is 5.97 Å². The Kier molecular flexibility index (Phi) is 6.08. The average molecular weight is 364 g/mol. The number of hydrogen-bond acceptors (Lipinski definition) is 5. The summed E-state index contributed by atoms with van der Waals surface area (Å²) in [6.45, 7) is 2.14. The van der Waals surface area contributed by atoms with Crippen LogP contribution in [-0.2, 0) is 20.9 Å². The van der Waals surface area contributed by atoms with Crippen molar-refractivity contribution < 1.29 is 19.0 Å². The van der Waals surface area contributed by atoms with E-state index in [1.807, 2.05) is 53.1 Å². The van der Waals surface area contributed by atoms with Gasteiger partial charge in [-0.25, -0.2) is 9.78 Å². The molecule has 0 saturated heterocycles. The number of rotatable bonds is 6. The lowest BCUT2D eigenvalue weighted by atomic mass is 10.2. The summed E-state index contributed by atoms with van der Waals surface area (Å²) in [5.41, 5.74) is 3.03. The van der Waals surface area contributed by atoms with Gasteiger partial charge in [0.25, 0.3) is 0 Å². The maximum atomic E-state index is 11.4. The summed E-state index contributed by atoms with van der Waals surface area (Å²) in [6, 6.07) is 13.2. The lowest BCUT2D eigenvalue weighted by Gasteiger charge is -2.03. The van der Waals surface area contributed by atoms with Crippen molar-refractivity contribution in [3.63, 3.8) is 0 Å². The molecule has 0 atom stereocenters. The predicted molar refractivity (Wildman–Crippen MR) is 100 cm³/mol. The fourth-order valence-corrected chi connectivity index (χ4v) is 2.52. The average Bonchev–Trinajstić information content (AvgIpc) is 3.04. The maximum absolute atomic E-state index is 11.4. The van der Waals surface area contributed by atoms with E-state index in [1.54, 1.807) is 14.0 Å². The Labute approximate surface area is 157 Å². The molecule has 0 aliphatic heterocycles. The minimum Gasteiger partial charge on any atom is -0.497 e. The second-order valence-electron chi connectivity index (χ2n) is 5.61. The summed E-state index contributed by atoms with van der Waals surface area (Å²) in [7, 11) is 1.63. The summed E-state index contributed by atoms with van der Waals surface area (Å²) < 4.78 is 17.4. The minimum atomic E-state index is -0.396. The summed E-state index contributed by atoms with van der Waals surface area (Å²) in [5.74, 6) is 6.69. The Morgan fingerprint density at radius 2 is 1.96 bits per heavy atom. The first-order chi connectivity index (χ1) is 13.2. The van der Waals surface area contributed by atoms with Crippen LogP contribution >= 0.6 is 0 Å². The van der Waals surface area contributed by atoms with Gasteiger partial charge in [0.1, 0.15) is 29.4 Å². The number of hydrogen-bond donors (Lipinski definition) is 0. The Bertz CT molecular complexity index is 981. The molecular weight excluding hydrogens is 344 g/mol. The zero-order chi connectivity index (χ0) is 19.1. The number of benzene rings is 1. The first kappa shape index (κ1) is 18.5. The molecule has 0 N–H and O–H groups in total. The highest BCUT2D eigenvalue weighted by Crippen LogP contribution is 2.14. The van der Waals surface area contributed by atoms with Crippen LogP contribution in [0.5, 0.6) is 5.75 Å². The molecule has 0 aliphatic carbocycles. The van der Waals surface area contributed by atoms with E-state index >= 15 is 0 Å². The first-order valence-corrected chi connectivity index (χ1v) is 8.56. The van der Waals surface area contributed by atoms with E-state index < -0.39 is 5.97 Å². The number of carbonyl (C=O) groups excluding carboxylic acids is 1. The minimum absolute atomic E-state index is 0.118. The number of fused-ring (bicyclic) bond motifs is 1. The van der Waals surface area contributed by atoms with E-state index in [0.29, 0.717) is 12.3 Å². The van der Waals surface area contributed by atoms with Gasteiger partial charge in [-0.1, -0.05) is 12.0 Å². The van der Waals surface area contributed by atoms with E-state index in [9.17, 15) is 4.79 Å². The Morgan fingerprint density at radius 3 is 2.70 bits per heavy atom. The molecule has 3 aromatic rings. The molecule has 0 radical (unpaired) electrons. The van der Waals surface area contributed by atoms with Gasteiger partial charge in [0, 0.05) is 11.8 Å². The molecule has 2 heterocycles. The fraction of sp³-hybridized carbons (Fsp3) is 0.238. The van der Waals surface area contributed by atoms with Crippen molar-refractivity contribution in [1.29, 1.82) is 0 Å². The van der Waals surface area contributed by atoms with E-state index in [-0.39, 0.29) is 13.2 Å². The standard InChI is InChI=1S/C21H20N2O4/c1-3-27-21(24)15-26-14-18-19(23-13-5-4-6-20(23)22-18)12-9-16-7-10-17(25-2)11-8-16/h4-8,10-11,13H,3,14-15H2,1-2H3. The van der Waals surface area contributed by atoms with Crippen molar-refractivity contribution in [3.8, 4) is 17.6 Å². The van der Waals surface area contributed by atoms with Crippen molar-refractivity contribution in [2.24, 2.45) is 0 Å². The monoisotopic (exact) mass is 364 g/mol. The van der Waals surface area contributed by atoms with Crippen LogP contribution < -0.4 is 4.74 Å². The number of carbonyl (C=O) groups is 1. The molecule has 0 saturated carbocycles. The molecule has 27 heavy (non-hydrogen) atoms. The lowest BCUT2D eigenvalue weighted by molar-refractivity contribution is -0.148. The second kappa shape index (κ2) is 8.88. The smallest absolute Gasteiger partial charge is 0.332 e. The highest BCUT2D eigenvalue weighted by atomic mass is 16.6. The van der Waals surface area contributed by atoms with E-state index in [4.69, 9.17) is 14.2 Å². The van der Waals surface area contributed by atoms with Crippen LogP contribution in [0.3, 0.4) is 0 Å². The molecular formula is C21H20N2O4. The molecule has 1 aromatic carbocycles. The van der Waals surface area contributed by atoms with Crippen molar-refractivity contribution in [1.82, 2.24) is 9.38 Å². The van der Waals surface area contributed by atoms with Crippen LogP contribution in [0.2, 0.25) is 0 Å². The zero-order valence-corrected chi connectivity index (χ0v) is 15.3. The van der Waals surface area contributed by atoms with Gasteiger partial charge in [0.05, 0.1) is 20.3 Å². The molecule has 6 heteroatoms. The molecule has 0 amide bonds. The Balaban J connectivity index is 1.84. The molecule has 0 fully saturated rings. The molecule has 0 unspecified atom stereocenters. The van der Waals surface area contributed by atoms with Gasteiger partial charge in [-0.15, -0.1) is 0 Å². The lowest BCUT2D eigenvalue weighted by Crippen LogP contribution is -2.12. The molecule has 0 bridgehead atoms. The third-order valence-electron chi connectivity index (χ3n) is 3.78. The third kappa shape index (κ3) is 4.66. The topological polar surface area (TPSA) is 62.1 Å². The van der Waals surface area contributed by atoms with Gasteiger partial charge in [-0.2, -0.15) is 0 Å². The van der Waals surface area contributed by atoms with E-state index in [2.05, 4.69) is 16.8 Å². The van der Waals surface area contributed by atoms with Crippen LogP contribution in [0.25, 0.3) is 5.65 Å². The normalized spacial score (nSPS) is 10.3.